The number of nitrogens with one attached hydrogen (secondary N) is 1. The molecule has 2 rings (SSSR count). The van der Waals surface area contributed by atoms with Crippen LogP contribution in [-0.4, -0.2) is 22.0 Å². The first-order valence-electron chi connectivity index (χ1n) is 6.98. The fraction of sp³-hybridized carbons (Fsp3) is 0.375. The van der Waals surface area contributed by atoms with E-state index in [1.165, 1.54) is 5.56 Å². The zero-order valence-electron chi connectivity index (χ0n) is 12.1. The Bertz CT molecular complexity index is 557. The molecule has 0 radical (unpaired) electrons. The molecule has 4 nitrogen and oxygen atoms in total. The van der Waals surface area contributed by atoms with Gasteiger partial charge in [-0.15, -0.1) is 0 Å². The van der Waals surface area contributed by atoms with Crippen molar-refractivity contribution in [2.75, 3.05) is 6.54 Å². The van der Waals surface area contributed by atoms with E-state index in [9.17, 15) is 4.79 Å². The lowest BCUT2D eigenvalue weighted by molar-refractivity contribution is -0.120. The first kappa shape index (κ1) is 14.3. The van der Waals surface area contributed by atoms with Crippen molar-refractivity contribution < 1.29 is 4.79 Å². The van der Waals surface area contributed by atoms with E-state index in [-0.39, 0.29) is 5.91 Å². The second-order valence-electron chi connectivity index (χ2n) is 4.94. The molecular weight excluding hydrogens is 250 g/mol. The first-order chi connectivity index (χ1) is 9.69. The average molecular weight is 271 g/mol. The number of hydrogen-bond donors (Lipinski definition) is 1. The number of nitrogens with zero attached hydrogens (tertiary/aromatic N) is 2. The van der Waals surface area contributed by atoms with Crippen molar-refractivity contribution in [3.05, 3.63) is 53.6 Å². The maximum atomic E-state index is 11.8. The molecule has 0 spiro atoms. The minimum Gasteiger partial charge on any atom is -0.355 e. The summed E-state index contributed by atoms with van der Waals surface area (Å²) in [5.41, 5.74) is 3.48. The van der Waals surface area contributed by atoms with E-state index in [1.807, 2.05) is 29.9 Å². The van der Waals surface area contributed by atoms with E-state index in [4.69, 9.17) is 0 Å². The summed E-state index contributed by atoms with van der Waals surface area (Å²) in [6.07, 6.45) is 5.87. The summed E-state index contributed by atoms with van der Waals surface area (Å²) in [6.45, 7) is 2.77. The molecule has 0 aliphatic heterocycles. The van der Waals surface area contributed by atoms with Gasteiger partial charge in [0.15, 0.2) is 0 Å². The van der Waals surface area contributed by atoms with Gasteiger partial charge in [-0.3, -0.25) is 4.79 Å². The van der Waals surface area contributed by atoms with Crippen LogP contribution in [0.4, 0.5) is 0 Å². The highest BCUT2D eigenvalue weighted by Crippen LogP contribution is 2.05. The number of hydrogen-bond acceptors (Lipinski definition) is 2. The standard InChI is InChI=1S/C16H21N3O/c1-3-13-4-6-14(7-5-13)10-16(20)18-9-8-15-11-17-12-19(15)2/h4-7,11-12H,3,8-10H2,1-2H3,(H,18,20). The van der Waals surface area contributed by atoms with Gasteiger partial charge in [-0.05, 0) is 17.5 Å². The number of imidazole rings is 1. The summed E-state index contributed by atoms with van der Waals surface area (Å²) in [5, 5.41) is 2.95. The maximum absolute atomic E-state index is 11.8. The largest absolute Gasteiger partial charge is 0.355 e. The topological polar surface area (TPSA) is 46.9 Å². The van der Waals surface area contributed by atoms with Gasteiger partial charge < -0.3 is 9.88 Å². The second kappa shape index (κ2) is 6.89. The molecule has 4 heteroatoms. The Labute approximate surface area is 119 Å². The molecule has 0 aliphatic carbocycles. The van der Waals surface area contributed by atoms with Crippen molar-refractivity contribution in [3.63, 3.8) is 0 Å². The summed E-state index contributed by atoms with van der Waals surface area (Å²) < 4.78 is 1.97. The molecule has 1 amide bonds. The van der Waals surface area contributed by atoms with Crippen LogP contribution in [0.25, 0.3) is 0 Å². The summed E-state index contributed by atoms with van der Waals surface area (Å²) >= 11 is 0. The van der Waals surface area contributed by atoms with Crippen LogP contribution >= 0.6 is 0 Å². The number of carbonyl (C=O) groups excluding carboxylic acids is 1. The molecule has 1 heterocycles. The van der Waals surface area contributed by atoms with Crippen LogP contribution in [0.5, 0.6) is 0 Å². The maximum Gasteiger partial charge on any atom is 0.224 e. The van der Waals surface area contributed by atoms with E-state index in [1.54, 1.807) is 6.33 Å². The Balaban J connectivity index is 1.76. The van der Waals surface area contributed by atoms with Crippen LogP contribution < -0.4 is 5.32 Å². The first-order valence-corrected chi connectivity index (χ1v) is 6.98. The van der Waals surface area contributed by atoms with Gasteiger partial charge in [-0.1, -0.05) is 31.2 Å². The lowest BCUT2D eigenvalue weighted by Gasteiger charge is -2.06. The predicted octanol–water partition coefficient (Wildman–Crippen LogP) is 1.88. The summed E-state index contributed by atoms with van der Waals surface area (Å²) in [5.74, 6) is 0.0661. The highest BCUT2D eigenvalue weighted by atomic mass is 16.1. The number of aryl methyl sites for hydroxylation is 2. The second-order valence-corrected chi connectivity index (χ2v) is 4.94. The van der Waals surface area contributed by atoms with Crippen LogP contribution in [0.15, 0.2) is 36.8 Å². The molecule has 0 aliphatic rings. The molecule has 0 bridgehead atoms. The van der Waals surface area contributed by atoms with Crippen molar-refractivity contribution >= 4 is 5.91 Å². The van der Waals surface area contributed by atoms with Gasteiger partial charge in [-0.2, -0.15) is 0 Å². The zero-order valence-corrected chi connectivity index (χ0v) is 12.1. The van der Waals surface area contributed by atoms with E-state index in [0.717, 1.165) is 24.1 Å². The summed E-state index contributed by atoms with van der Waals surface area (Å²) in [4.78, 5) is 15.9. The Morgan fingerprint density at radius 3 is 2.55 bits per heavy atom. The lowest BCUT2D eigenvalue weighted by Crippen LogP contribution is -2.27. The Hall–Kier alpha value is -2.10. The molecule has 1 aromatic carbocycles. The van der Waals surface area contributed by atoms with Crippen molar-refractivity contribution in [2.24, 2.45) is 7.05 Å². The van der Waals surface area contributed by atoms with Gasteiger partial charge in [0, 0.05) is 31.9 Å². The highest BCUT2D eigenvalue weighted by Gasteiger charge is 2.04. The normalized spacial score (nSPS) is 10.5. The van der Waals surface area contributed by atoms with Crippen molar-refractivity contribution in [3.8, 4) is 0 Å². The van der Waals surface area contributed by atoms with Gasteiger partial charge in [0.2, 0.25) is 5.91 Å². The third-order valence-electron chi connectivity index (χ3n) is 3.42. The van der Waals surface area contributed by atoms with Crippen LogP contribution in [0.2, 0.25) is 0 Å². The van der Waals surface area contributed by atoms with E-state index in [0.29, 0.717) is 13.0 Å². The number of rotatable bonds is 6. The summed E-state index contributed by atoms with van der Waals surface area (Å²) in [6, 6.07) is 8.22. The monoisotopic (exact) mass is 271 g/mol. The summed E-state index contributed by atoms with van der Waals surface area (Å²) in [7, 11) is 1.96. The average Bonchev–Trinajstić information content (AvgIpc) is 2.85. The zero-order chi connectivity index (χ0) is 14.4. The SMILES string of the molecule is CCc1ccc(CC(=O)NCCc2cncn2C)cc1. The quantitative estimate of drug-likeness (QED) is 0.872. The van der Waals surface area contributed by atoms with Crippen LogP contribution in [-0.2, 0) is 31.1 Å². The van der Waals surface area contributed by atoms with Crippen LogP contribution in [0, 0.1) is 0 Å². The van der Waals surface area contributed by atoms with E-state index < -0.39 is 0 Å². The van der Waals surface area contributed by atoms with Gasteiger partial charge in [0.25, 0.3) is 0 Å². The molecule has 0 atom stereocenters. The van der Waals surface area contributed by atoms with Crippen molar-refractivity contribution in [1.29, 1.82) is 0 Å². The molecular formula is C16H21N3O. The van der Waals surface area contributed by atoms with Gasteiger partial charge in [0.1, 0.15) is 0 Å². The Kier molecular flexibility index (Phi) is 4.93. The minimum atomic E-state index is 0.0661. The molecule has 1 N–H and O–H groups in total. The Morgan fingerprint density at radius 2 is 1.95 bits per heavy atom. The Morgan fingerprint density at radius 1 is 1.25 bits per heavy atom. The molecule has 1 aromatic heterocycles. The fourth-order valence-corrected chi connectivity index (χ4v) is 2.10. The van der Waals surface area contributed by atoms with E-state index >= 15 is 0 Å². The number of aromatic nitrogens is 2. The predicted molar refractivity (Wildman–Crippen MR) is 79.4 cm³/mol. The third kappa shape index (κ3) is 3.95. The highest BCUT2D eigenvalue weighted by molar-refractivity contribution is 5.78. The molecule has 0 saturated carbocycles. The third-order valence-corrected chi connectivity index (χ3v) is 3.42. The minimum absolute atomic E-state index is 0.0661. The van der Waals surface area contributed by atoms with E-state index in [2.05, 4.69) is 29.4 Å². The molecule has 2 aromatic rings. The molecule has 0 saturated heterocycles. The number of amides is 1. The molecule has 20 heavy (non-hydrogen) atoms. The fourth-order valence-electron chi connectivity index (χ4n) is 2.10. The molecule has 0 fully saturated rings. The van der Waals surface area contributed by atoms with Crippen molar-refractivity contribution in [2.45, 2.75) is 26.2 Å². The van der Waals surface area contributed by atoms with Gasteiger partial charge >= 0.3 is 0 Å². The lowest BCUT2D eigenvalue weighted by atomic mass is 10.1. The molecule has 0 unspecified atom stereocenters. The van der Waals surface area contributed by atoms with Crippen molar-refractivity contribution in [1.82, 2.24) is 14.9 Å². The number of benzene rings is 1. The smallest absolute Gasteiger partial charge is 0.224 e. The van der Waals surface area contributed by atoms with Gasteiger partial charge in [-0.25, -0.2) is 4.98 Å². The van der Waals surface area contributed by atoms with Crippen LogP contribution in [0.1, 0.15) is 23.7 Å². The van der Waals surface area contributed by atoms with Crippen LogP contribution in [0.3, 0.4) is 0 Å². The molecule has 106 valence electrons. The number of carbonyl (C=O) groups is 1. The van der Waals surface area contributed by atoms with Gasteiger partial charge in [0.05, 0.1) is 12.7 Å².